The maximum absolute atomic E-state index is 12.2. The lowest BCUT2D eigenvalue weighted by atomic mass is 9.90. The summed E-state index contributed by atoms with van der Waals surface area (Å²) in [6, 6.07) is 14.4. The molecule has 0 amide bonds. The molecule has 0 fully saturated rings. The summed E-state index contributed by atoms with van der Waals surface area (Å²) in [7, 11) is -3.20. The van der Waals surface area contributed by atoms with E-state index in [9.17, 15) is 8.42 Å². The third-order valence-electron chi connectivity index (χ3n) is 3.95. The fraction of sp³-hybridized carbons (Fsp3) is 0.250. The van der Waals surface area contributed by atoms with Gasteiger partial charge in [-0.15, -0.1) is 0 Å². The molecule has 1 aliphatic rings. The summed E-state index contributed by atoms with van der Waals surface area (Å²) < 4.78 is 24.4. The summed E-state index contributed by atoms with van der Waals surface area (Å²) in [6.45, 7) is 0. The van der Waals surface area contributed by atoms with E-state index in [0.717, 1.165) is 11.1 Å². The molecular formula is C16H16ClNO2S. The molecule has 2 aromatic carbocycles. The van der Waals surface area contributed by atoms with Crippen LogP contribution in [-0.4, -0.2) is 20.2 Å². The van der Waals surface area contributed by atoms with Crippen molar-refractivity contribution < 1.29 is 8.42 Å². The van der Waals surface area contributed by atoms with Crippen molar-refractivity contribution in [2.45, 2.75) is 23.3 Å². The molecule has 2 unspecified atom stereocenters. The van der Waals surface area contributed by atoms with Gasteiger partial charge in [-0.25, -0.2) is 8.42 Å². The molecule has 0 aliphatic carbocycles. The fourth-order valence-electron chi connectivity index (χ4n) is 2.88. The summed E-state index contributed by atoms with van der Waals surface area (Å²) in [6.07, 6.45) is 0.631. The second-order valence-electron chi connectivity index (χ2n) is 5.42. The molecule has 3 nitrogen and oxygen atoms in total. The summed E-state index contributed by atoms with van der Waals surface area (Å²) in [5, 5.41) is 0.682. The molecule has 0 spiro atoms. The van der Waals surface area contributed by atoms with E-state index in [0.29, 0.717) is 16.3 Å². The zero-order chi connectivity index (χ0) is 15.0. The van der Waals surface area contributed by atoms with E-state index in [1.807, 2.05) is 36.4 Å². The largest absolute Gasteiger partial charge is 0.327 e. The maximum Gasteiger partial charge on any atom is 0.179 e. The lowest BCUT2D eigenvalue weighted by Crippen LogP contribution is -2.31. The molecule has 110 valence electrons. The van der Waals surface area contributed by atoms with Gasteiger partial charge in [0.25, 0.3) is 0 Å². The summed E-state index contributed by atoms with van der Waals surface area (Å²) in [4.78, 5) is 0.432. The van der Waals surface area contributed by atoms with Crippen LogP contribution in [0.3, 0.4) is 0 Å². The minimum absolute atomic E-state index is 0.0983. The fourth-order valence-corrected chi connectivity index (χ4v) is 4.94. The van der Waals surface area contributed by atoms with Crippen molar-refractivity contribution in [1.29, 1.82) is 0 Å². The monoisotopic (exact) mass is 321 g/mol. The lowest BCUT2D eigenvalue weighted by molar-refractivity contribution is 0.559. The van der Waals surface area contributed by atoms with E-state index in [1.165, 1.54) is 0 Å². The molecule has 2 aromatic rings. The number of halogens is 1. The molecule has 3 rings (SSSR count). The van der Waals surface area contributed by atoms with E-state index in [-0.39, 0.29) is 17.7 Å². The molecule has 0 radical (unpaired) electrons. The number of fused-ring (bicyclic) bond motifs is 1. The van der Waals surface area contributed by atoms with Crippen LogP contribution in [0.2, 0.25) is 5.02 Å². The third-order valence-corrected chi connectivity index (χ3v) is 6.05. The van der Waals surface area contributed by atoms with Gasteiger partial charge in [0.1, 0.15) is 0 Å². The minimum atomic E-state index is -3.20. The Morgan fingerprint density at radius 1 is 1.14 bits per heavy atom. The van der Waals surface area contributed by atoms with Crippen molar-refractivity contribution in [2.75, 3.05) is 5.75 Å². The van der Waals surface area contributed by atoms with Crippen LogP contribution in [0.25, 0.3) is 0 Å². The first-order chi connectivity index (χ1) is 9.97. The van der Waals surface area contributed by atoms with Crippen molar-refractivity contribution in [3.63, 3.8) is 0 Å². The Bertz CT molecular complexity index is 756. The zero-order valence-electron chi connectivity index (χ0n) is 11.4. The van der Waals surface area contributed by atoms with Gasteiger partial charge in [0.05, 0.1) is 10.6 Å². The van der Waals surface area contributed by atoms with Crippen LogP contribution < -0.4 is 5.73 Å². The highest BCUT2D eigenvalue weighted by molar-refractivity contribution is 7.91. The predicted molar refractivity (Wildman–Crippen MR) is 84.4 cm³/mol. The maximum atomic E-state index is 12.2. The Balaban J connectivity index is 1.86. The van der Waals surface area contributed by atoms with E-state index < -0.39 is 9.84 Å². The number of hydrogen-bond acceptors (Lipinski definition) is 3. The quantitative estimate of drug-likeness (QED) is 0.945. The van der Waals surface area contributed by atoms with Crippen LogP contribution in [0.4, 0.5) is 0 Å². The first-order valence-corrected chi connectivity index (χ1v) is 8.82. The smallest absolute Gasteiger partial charge is 0.179 e. The zero-order valence-corrected chi connectivity index (χ0v) is 12.9. The van der Waals surface area contributed by atoms with E-state index in [4.69, 9.17) is 17.3 Å². The van der Waals surface area contributed by atoms with Gasteiger partial charge < -0.3 is 5.73 Å². The van der Waals surface area contributed by atoms with Gasteiger partial charge in [0.15, 0.2) is 9.84 Å². The Morgan fingerprint density at radius 2 is 1.81 bits per heavy atom. The predicted octanol–water partition coefficient (Wildman–Crippen LogP) is 2.78. The molecule has 0 bridgehead atoms. The second kappa shape index (κ2) is 5.44. The number of rotatable bonds is 3. The second-order valence-corrected chi connectivity index (χ2v) is 7.86. The van der Waals surface area contributed by atoms with E-state index in [1.54, 1.807) is 12.1 Å². The first-order valence-electron chi connectivity index (χ1n) is 6.79. The van der Waals surface area contributed by atoms with Crippen molar-refractivity contribution in [2.24, 2.45) is 5.73 Å². The topological polar surface area (TPSA) is 60.2 Å². The van der Waals surface area contributed by atoms with Crippen molar-refractivity contribution in [3.8, 4) is 0 Å². The summed E-state index contributed by atoms with van der Waals surface area (Å²) in [5.41, 5.74) is 8.20. The van der Waals surface area contributed by atoms with Crippen LogP contribution in [0.1, 0.15) is 17.0 Å². The van der Waals surface area contributed by atoms with Gasteiger partial charge in [-0.1, -0.05) is 41.9 Å². The standard InChI is InChI=1S/C16H16ClNO2S/c17-12-7-5-11(6-8-12)9-15(18)14-10-21(19,20)16-4-2-1-3-13(14)16/h1-8,14-15H,9-10,18H2. The van der Waals surface area contributed by atoms with E-state index >= 15 is 0 Å². The van der Waals surface area contributed by atoms with Gasteiger partial charge in [0.2, 0.25) is 0 Å². The van der Waals surface area contributed by atoms with Gasteiger partial charge in [-0.3, -0.25) is 0 Å². The Kier molecular flexibility index (Phi) is 3.78. The van der Waals surface area contributed by atoms with Gasteiger partial charge >= 0.3 is 0 Å². The summed E-state index contributed by atoms with van der Waals surface area (Å²) >= 11 is 5.87. The third kappa shape index (κ3) is 2.84. The first kappa shape index (κ1) is 14.6. The molecule has 5 heteroatoms. The molecule has 21 heavy (non-hydrogen) atoms. The highest BCUT2D eigenvalue weighted by atomic mass is 35.5. The highest BCUT2D eigenvalue weighted by Gasteiger charge is 2.37. The Morgan fingerprint density at radius 3 is 2.52 bits per heavy atom. The van der Waals surface area contributed by atoms with E-state index in [2.05, 4.69) is 0 Å². The average molecular weight is 322 g/mol. The molecular weight excluding hydrogens is 306 g/mol. The number of benzene rings is 2. The highest BCUT2D eigenvalue weighted by Crippen LogP contribution is 2.36. The molecule has 1 aliphatic heterocycles. The number of nitrogens with two attached hydrogens (primary N) is 1. The van der Waals surface area contributed by atoms with Crippen molar-refractivity contribution in [1.82, 2.24) is 0 Å². The van der Waals surface area contributed by atoms with Gasteiger partial charge in [-0.05, 0) is 35.7 Å². The Hall–Kier alpha value is -1.36. The number of hydrogen-bond donors (Lipinski definition) is 1. The molecule has 0 saturated carbocycles. The molecule has 0 aromatic heterocycles. The minimum Gasteiger partial charge on any atom is -0.327 e. The van der Waals surface area contributed by atoms with Crippen LogP contribution >= 0.6 is 11.6 Å². The normalized spacial score (nSPS) is 21.0. The SMILES string of the molecule is NC(Cc1ccc(Cl)cc1)C1CS(=O)(=O)c2ccccc21. The van der Waals surface area contributed by atoms with Crippen LogP contribution in [0.15, 0.2) is 53.4 Å². The van der Waals surface area contributed by atoms with Crippen LogP contribution in [0, 0.1) is 0 Å². The molecule has 2 atom stereocenters. The number of sulfone groups is 1. The van der Waals surface area contributed by atoms with Crippen molar-refractivity contribution in [3.05, 3.63) is 64.7 Å². The van der Waals surface area contributed by atoms with Gasteiger partial charge in [0, 0.05) is 17.0 Å². The van der Waals surface area contributed by atoms with Crippen molar-refractivity contribution >= 4 is 21.4 Å². The molecule has 1 heterocycles. The lowest BCUT2D eigenvalue weighted by Gasteiger charge is -2.19. The Labute approximate surface area is 129 Å². The van der Waals surface area contributed by atoms with Crippen LogP contribution in [0.5, 0.6) is 0 Å². The average Bonchev–Trinajstić information content (AvgIpc) is 2.74. The molecule has 0 saturated heterocycles. The molecule has 2 N–H and O–H groups in total. The van der Waals surface area contributed by atoms with Gasteiger partial charge in [-0.2, -0.15) is 0 Å². The van der Waals surface area contributed by atoms with Crippen LogP contribution in [-0.2, 0) is 16.3 Å². The summed E-state index contributed by atoms with van der Waals surface area (Å²) in [5.74, 6) is -0.0527.